The maximum Gasteiger partial charge on any atom is 0.149 e. The number of anilines is 2. The van der Waals surface area contributed by atoms with Gasteiger partial charge in [-0.05, 0) is 49.4 Å². The van der Waals surface area contributed by atoms with Gasteiger partial charge in [-0.15, -0.1) is 0 Å². The minimum Gasteiger partial charge on any atom is -0.396 e. The van der Waals surface area contributed by atoms with Crippen molar-refractivity contribution in [2.45, 2.75) is 32.2 Å². The summed E-state index contributed by atoms with van der Waals surface area (Å²) in [7, 11) is 0. The summed E-state index contributed by atoms with van der Waals surface area (Å²) in [5.41, 5.74) is 10.5. The Hall–Kier alpha value is -2.03. The summed E-state index contributed by atoms with van der Waals surface area (Å²) < 4.78 is 0. The van der Waals surface area contributed by atoms with Crippen molar-refractivity contribution in [3.05, 3.63) is 53.2 Å². The fourth-order valence-electron chi connectivity index (χ4n) is 2.75. The largest absolute Gasteiger partial charge is 0.396 e. The van der Waals surface area contributed by atoms with Crippen LogP contribution in [-0.2, 0) is 6.42 Å². The highest BCUT2D eigenvalue weighted by Crippen LogP contribution is 2.33. The average molecular weight is 253 g/mol. The maximum atomic E-state index is 6.00. The van der Waals surface area contributed by atoms with E-state index in [1.165, 1.54) is 24.0 Å². The minimum absolute atomic E-state index is 0.321. The van der Waals surface area contributed by atoms with Crippen LogP contribution in [-0.4, -0.2) is 4.98 Å². The van der Waals surface area contributed by atoms with Crippen LogP contribution in [0.15, 0.2) is 36.4 Å². The molecule has 1 heterocycles. The second-order valence-corrected chi connectivity index (χ2v) is 5.18. The van der Waals surface area contributed by atoms with Gasteiger partial charge in [-0.3, -0.25) is 0 Å². The van der Waals surface area contributed by atoms with Crippen LogP contribution in [0, 0.1) is 6.92 Å². The molecule has 0 amide bonds. The van der Waals surface area contributed by atoms with Crippen LogP contribution in [0.25, 0.3) is 0 Å². The van der Waals surface area contributed by atoms with Crippen LogP contribution in [0.4, 0.5) is 11.5 Å². The van der Waals surface area contributed by atoms with Gasteiger partial charge in [0.1, 0.15) is 5.82 Å². The summed E-state index contributed by atoms with van der Waals surface area (Å²) in [5, 5.41) is 3.51. The summed E-state index contributed by atoms with van der Waals surface area (Å²) in [6.45, 7) is 1.99. The molecule has 0 saturated carbocycles. The first kappa shape index (κ1) is 12.0. The third kappa shape index (κ3) is 2.41. The number of fused-ring (bicyclic) bond motifs is 1. The number of pyridine rings is 1. The van der Waals surface area contributed by atoms with Crippen molar-refractivity contribution in [2.75, 3.05) is 11.1 Å². The summed E-state index contributed by atoms with van der Waals surface area (Å²) in [4.78, 5) is 4.50. The highest BCUT2D eigenvalue weighted by atomic mass is 15.0. The van der Waals surface area contributed by atoms with Crippen molar-refractivity contribution in [3.8, 4) is 0 Å². The number of rotatable bonds is 2. The lowest BCUT2D eigenvalue weighted by Crippen LogP contribution is -2.18. The predicted molar refractivity (Wildman–Crippen MR) is 79.1 cm³/mol. The summed E-state index contributed by atoms with van der Waals surface area (Å²) in [5.74, 6) is 0.807. The van der Waals surface area contributed by atoms with Crippen LogP contribution in [0.5, 0.6) is 0 Å². The SMILES string of the molecule is Cc1ccc(N)c(NC2CCCc3ccccc32)n1. The molecule has 0 bridgehead atoms. The number of benzene rings is 1. The van der Waals surface area contributed by atoms with Crippen molar-refractivity contribution >= 4 is 11.5 Å². The second kappa shape index (κ2) is 4.92. The van der Waals surface area contributed by atoms with Gasteiger partial charge in [0.2, 0.25) is 0 Å². The number of nitrogens with zero attached hydrogens (tertiary/aromatic N) is 1. The van der Waals surface area contributed by atoms with Crippen LogP contribution in [0.3, 0.4) is 0 Å². The molecule has 0 radical (unpaired) electrons. The molecule has 0 fully saturated rings. The molecule has 1 aliphatic carbocycles. The molecular formula is C16H19N3. The van der Waals surface area contributed by atoms with E-state index in [2.05, 4.69) is 34.6 Å². The van der Waals surface area contributed by atoms with E-state index in [0.29, 0.717) is 11.7 Å². The minimum atomic E-state index is 0.321. The molecule has 2 aromatic rings. The first-order valence-electron chi connectivity index (χ1n) is 6.81. The Morgan fingerprint density at radius 2 is 2.05 bits per heavy atom. The van der Waals surface area contributed by atoms with E-state index in [1.54, 1.807) is 0 Å². The van der Waals surface area contributed by atoms with Crippen molar-refractivity contribution in [2.24, 2.45) is 0 Å². The van der Waals surface area contributed by atoms with Crippen LogP contribution in [0.1, 0.15) is 35.7 Å². The molecule has 3 rings (SSSR count). The van der Waals surface area contributed by atoms with Crippen LogP contribution < -0.4 is 11.1 Å². The normalized spacial score (nSPS) is 17.8. The van der Waals surface area contributed by atoms with Gasteiger partial charge in [-0.2, -0.15) is 0 Å². The van der Waals surface area contributed by atoms with E-state index in [-0.39, 0.29) is 0 Å². The van der Waals surface area contributed by atoms with Crippen molar-refractivity contribution < 1.29 is 0 Å². The maximum absolute atomic E-state index is 6.00. The number of hydrogen-bond donors (Lipinski definition) is 2. The van der Waals surface area contributed by atoms with Crippen LogP contribution in [0.2, 0.25) is 0 Å². The fourth-order valence-corrected chi connectivity index (χ4v) is 2.75. The first-order valence-corrected chi connectivity index (χ1v) is 6.81. The lowest BCUT2D eigenvalue weighted by Gasteiger charge is -2.27. The van der Waals surface area contributed by atoms with Gasteiger partial charge in [0.15, 0.2) is 0 Å². The van der Waals surface area contributed by atoms with Gasteiger partial charge in [0.05, 0.1) is 11.7 Å². The van der Waals surface area contributed by atoms with E-state index in [4.69, 9.17) is 5.73 Å². The molecule has 3 heteroatoms. The predicted octanol–water partition coefficient (Wildman–Crippen LogP) is 3.46. The van der Waals surface area contributed by atoms with Gasteiger partial charge in [0.25, 0.3) is 0 Å². The smallest absolute Gasteiger partial charge is 0.149 e. The van der Waals surface area contributed by atoms with Gasteiger partial charge >= 0.3 is 0 Å². The summed E-state index contributed by atoms with van der Waals surface area (Å²) in [6, 6.07) is 12.8. The van der Waals surface area contributed by atoms with Gasteiger partial charge in [0, 0.05) is 5.69 Å². The average Bonchev–Trinajstić information content (AvgIpc) is 2.43. The van der Waals surface area contributed by atoms with Crippen molar-refractivity contribution in [3.63, 3.8) is 0 Å². The number of nitrogens with two attached hydrogens (primary N) is 1. The lowest BCUT2D eigenvalue weighted by atomic mass is 9.88. The quantitative estimate of drug-likeness (QED) is 0.861. The molecular weight excluding hydrogens is 234 g/mol. The van der Waals surface area contributed by atoms with Crippen molar-refractivity contribution in [1.29, 1.82) is 0 Å². The monoisotopic (exact) mass is 253 g/mol. The number of aryl methyl sites for hydroxylation is 2. The molecule has 1 aliphatic rings. The molecule has 19 heavy (non-hydrogen) atoms. The third-order valence-corrected chi connectivity index (χ3v) is 3.75. The molecule has 1 unspecified atom stereocenters. The molecule has 1 aromatic heterocycles. The molecule has 98 valence electrons. The number of aromatic nitrogens is 1. The Bertz CT molecular complexity index is 592. The van der Waals surface area contributed by atoms with E-state index < -0.39 is 0 Å². The topological polar surface area (TPSA) is 50.9 Å². The van der Waals surface area contributed by atoms with Gasteiger partial charge in [-0.1, -0.05) is 24.3 Å². The zero-order chi connectivity index (χ0) is 13.2. The van der Waals surface area contributed by atoms with E-state index in [1.807, 2.05) is 19.1 Å². The standard InChI is InChI=1S/C16H19N3/c1-11-9-10-14(17)16(18-11)19-15-8-4-6-12-5-2-3-7-13(12)15/h2-3,5,7,9-10,15H,4,6,8,17H2,1H3,(H,18,19). The van der Waals surface area contributed by atoms with Gasteiger partial charge < -0.3 is 11.1 Å². The molecule has 0 spiro atoms. The Morgan fingerprint density at radius 1 is 1.21 bits per heavy atom. The fraction of sp³-hybridized carbons (Fsp3) is 0.312. The van der Waals surface area contributed by atoms with Gasteiger partial charge in [-0.25, -0.2) is 4.98 Å². The zero-order valence-electron chi connectivity index (χ0n) is 11.2. The number of nitrogens with one attached hydrogen (secondary N) is 1. The first-order chi connectivity index (χ1) is 9.24. The highest BCUT2D eigenvalue weighted by Gasteiger charge is 2.20. The zero-order valence-corrected chi connectivity index (χ0v) is 11.2. The summed E-state index contributed by atoms with van der Waals surface area (Å²) >= 11 is 0. The molecule has 0 aliphatic heterocycles. The Kier molecular flexibility index (Phi) is 3.11. The van der Waals surface area contributed by atoms with E-state index in [0.717, 1.165) is 17.9 Å². The molecule has 3 N–H and O–H groups in total. The molecule has 1 atom stereocenters. The molecule has 3 nitrogen and oxygen atoms in total. The second-order valence-electron chi connectivity index (χ2n) is 5.18. The third-order valence-electron chi connectivity index (χ3n) is 3.75. The Balaban J connectivity index is 1.90. The van der Waals surface area contributed by atoms with E-state index >= 15 is 0 Å². The molecule has 0 saturated heterocycles. The van der Waals surface area contributed by atoms with Crippen LogP contribution >= 0.6 is 0 Å². The number of nitrogen functional groups attached to an aromatic ring is 1. The Morgan fingerprint density at radius 3 is 2.95 bits per heavy atom. The highest BCUT2D eigenvalue weighted by molar-refractivity contribution is 5.62. The molecule has 1 aromatic carbocycles. The summed E-state index contributed by atoms with van der Waals surface area (Å²) in [6.07, 6.45) is 3.51. The van der Waals surface area contributed by atoms with Crippen molar-refractivity contribution in [1.82, 2.24) is 4.98 Å². The van der Waals surface area contributed by atoms with E-state index in [9.17, 15) is 0 Å². The Labute approximate surface area is 113 Å². The number of hydrogen-bond acceptors (Lipinski definition) is 3. The lowest BCUT2D eigenvalue weighted by molar-refractivity contribution is 0.599.